The van der Waals surface area contributed by atoms with Crippen LogP contribution in [0.15, 0.2) is 24.3 Å². The molecular formula is C18H27NO2. The molecule has 0 amide bonds. The van der Waals surface area contributed by atoms with Gasteiger partial charge in [0, 0.05) is 18.7 Å². The molecule has 0 aliphatic carbocycles. The minimum Gasteiger partial charge on any atom is -0.494 e. The van der Waals surface area contributed by atoms with Crippen LogP contribution in [-0.2, 0) is 0 Å². The molecule has 0 aromatic heterocycles. The minimum absolute atomic E-state index is 0.670. The first kappa shape index (κ1) is 16.0. The quantitative estimate of drug-likeness (QED) is 0.567. The predicted octanol–water partition coefficient (Wildman–Crippen LogP) is 3.64. The highest BCUT2D eigenvalue weighted by molar-refractivity contribution is 5.75. The molecule has 0 bridgehead atoms. The molecule has 1 aromatic carbocycles. The topological polar surface area (TPSA) is 29.5 Å². The first-order valence-corrected chi connectivity index (χ1v) is 8.07. The second-order valence-corrected chi connectivity index (χ2v) is 6.45. The summed E-state index contributed by atoms with van der Waals surface area (Å²) in [6.45, 7) is 9.09. The van der Waals surface area contributed by atoms with Crippen LogP contribution in [0.3, 0.4) is 0 Å². The molecule has 2 rings (SSSR count). The van der Waals surface area contributed by atoms with Gasteiger partial charge < -0.3 is 9.64 Å². The van der Waals surface area contributed by atoms with Crippen LogP contribution in [0, 0.1) is 11.8 Å². The second kappa shape index (κ2) is 8.18. The van der Waals surface area contributed by atoms with E-state index >= 15 is 0 Å². The summed E-state index contributed by atoms with van der Waals surface area (Å²) in [5.41, 5.74) is 0.670. The van der Waals surface area contributed by atoms with E-state index in [1.807, 2.05) is 12.1 Å². The van der Waals surface area contributed by atoms with Crippen molar-refractivity contribution in [1.82, 2.24) is 4.90 Å². The van der Waals surface area contributed by atoms with Gasteiger partial charge in [-0.1, -0.05) is 26.0 Å². The van der Waals surface area contributed by atoms with E-state index in [1.165, 1.54) is 32.5 Å². The largest absolute Gasteiger partial charge is 0.494 e. The first-order valence-electron chi connectivity index (χ1n) is 8.07. The van der Waals surface area contributed by atoms with Gasteiger partial charge in [0.15, 0.2) is 0 Å². The van der Waals surface area contributed by atoms with Crippen molar-refractivity contribution < 1.29 is 9.53 Å². The van der Waals surface area contributed by atoms with Gasteiger partial charge in [-0.05, 0) is 49.8 Å². The number of unbranched alkanes of at least 4 members (excludes halogenated alkanes) is 1. The Labute approximate surface area is 128 Å². The molecule has 0 radical (unpaired) electrons. The fourth-order valence-corrected chi connectivity index (χ4v) is 3.28. The Morgan fingerprint density at radius 3 is 2.71 bits per heavy atom. The molecule has 1 aliphatic heterocycles. The number of hydrogen-bond donors (Lipinski definition) is 0. The number of benzene rings is 1. The normalized spacial score (nSPS) is 23.0. The van der Waals surface area contributed by atoms with E-state index in [1.54, 1.807) is 12.1 Å². The monoisotopic (exact) mass is 289 g/mol. The van der Waals surface area contributed by atoms with Crippen molar-refractivity contribution in [3.63, 3.8) is 0 Å². The van der Waals surface area contributed by atoms with Gasteiger partial charge >= 0.3 is 0 Å². The van der Waals surface area contributed by atoms with Gasteiger partial charge in [-0.25, -0.2) is 0 Å². The number of nitrogens with zero attached hydrogens (tertiary/aromatic N) is 1. The summed E-state index contributed by atoms with van der Waals surface area (Å²) in [5, 5.41) is 0. The van der Waals surface area contributed by atoms with E-state index < -0.39 is 0 Å². The molecule has 0 spiro atoms. The molecule has 1 fully saturated rings. The van der Waals surface area contributed by atoms with E-state index in [4.69, 9.17) is 4.74 Å². The third-order valence-corrected chi connectivity index (χ3v) is 4.08. The van der Waals surface area contributed by atoms with Gasteiger partial charge in [0.25, 0.3) is 0 Å². The maximum absolute atomic E-state index is 10.7. The number of carbonyl (C=O) groups excluding carboxylic acids is 1. The molecule has 2 atom stereocenters. The summed E-state index contributed by atoms with van der Waals surface area (Å²) in [6, 6.07) is 7.34. The SMILES string of the molecule is CC1CC(C)CN(CCCCOc2cccc(C=O)c2)C1. The van der Waals surface area contributed by atoms with Crippen LogP contribution in [0.25, 0.3) is 0 Å². The molecule has 21 heavy (non-hydrogen) atoms. The molecule has 1 aliphatic rings. The van der Waals surface area contributed by atoms with Gasteiger partial charge in [0.2, 0.25) is 0 Å². The van der Waals surface area contributed by atoms with Crippen LogP contribution in [0.2, 0.25) is 0 Å². The van der Waals surface area contributed by atoms with Crippen molar-refractivity contribution in [2.45, 2.75) is 33.1 Å². The molecule has 3 heteroatoms. The minimum atomic E-state index is 0.670. The summed E-state index contributed by atoms with van der Waals surface area (Å²) in [4.78, 5) is 13.3. The number of rotatable bonds is 7. The summed E-state index contributed by atoms with van der Waals surface area (Å²) >= 11 is 0. The molecule has 116 valence electrons. The Morgan fingerprint density at radius 2 is 2.00 bits per heavy atom. The molecule has 2 unspecified atom stereocenters. The Balaban J connectivity index is 1.62. The fourth-order valence-electron chi connectivity index (χ4n) is 3.28. The Hall–Kier alpha value is -1.35. The van der Waals surface area contributed by atoms with Gasteiger partial charge in [0.1, 0.15) is 12.0 Å². The van der Waals surface area contributed by atoms with Crippen molar-refractivity contribution in [1.29, 1.82) is 0 Å². The third-order valence-electron chi connectivity index (χ3n) is 4.08. The van der Waals surface area contributed by atoms with Gasteiger partial charge in [-0.2, -0.15) is 0 Å². The number of ether oxygens (including phenoxy) is 1. The second-order valence-electron chi connectivity index (χ2n) is 6.45. The van der Waals surface area contributed by atoms with Crippen molar-refractivity contribution >= 4 is 6.29 Å². The number of piperidine rings is 1. The van der Waals surface area contributed by atoms with Crippen molar-refractivity contribution in [2.75, 3.05) is 26.2 Å². The number of carbonyl (C=O) groups is 1. The average molecular weight is 289 g/mol. The van der Waals surface area contributed by atoms with Crippen LogP contribution in [0.4, 0.5) is 0 Å². The van der Waals surface area contributed by atoms with E-state index in [0.29, 0.717) is 5.56 Å². The number of likely N-dealkylation sites (tertiary alicyclic amines) is 1. The van der Waals surface area contributed by atoms with Crippen LogP contribution in [-0.4, -0.2) is 37.4 Å². The summed E-state index contributed by atoms with van der Waals surface area (Å²) < 4.78 is 5.70. The lowest BCUT2D eigenvalue weighted by molar-refractivity contribution is 0.112. The zero-order chi connectivity index (χ0) is 15.1. The molecule has 1 saturated heterocycles. The third kappa shape index (κ3) is 5.50. The van der Waals surface area contributed by atoms with E-state index in [9.17, 15) is 4.79 Å². The smallest absolute Gasteiger partial charge is 0.150 e. The van der Waals surface area contributed by atoms with E-state index in [0.717, 1.165) is 36.9 Å². The highest BCUT2D eigenvalue weighted by Gasteiger charge is 2.20. The molecule has 1 heterocycles. The summed E-state index contributed by atoms with van der Waals surface area (Å²) in [6.07, 6.45) is 4.45. The van der Waals surface area contributed by atoms with Crippen LogP contribution in [0.1, 0.15) is 43.5 Å². The predicted molar refractivity (Wildman–Crippen MR) is 85.9 cm³/mol. The molecule has 3 nitrogen and oxygen atoms in total. The van der Waals surface area contributed by atoms with Crippen LogP contribution < -0.4 is 4.74 Å². The zero-order valence-electron chi connectivity index (χ0n) is 13.3. The highest BCUT2D eigenvalue weighted by atomic mass is 16.5. The Bertz CT molecular complexity index is 437. The van der Waals surface area contributed by atoms with Crippen molar-refractivity contribution in [2.24, 2.45) is 11.8 Å². The van der Waals surface area contributed by atoms with Gasteiger partial charge in [0.05, 0.1) is 6.61 Å². The first-order chi connectivity index (χ1) is 10.2. The molecular weight excluding hydrogens is 262 g/mol. The Morgan fingerprint density at radius 1 is 1.24 bits per heavy atom. The lowest BCUT2D eigenvalue weighted by Gasteiger charge is -2.34. The van der Waals surface area contributed by atoms with Crippen LogP contribution in [0.5, 0.6) is 5.75 Å². The zero-order valence-corrected chi connectivity index (χ0v) is 13.3. The summed E-state index contributed by atoms with van der Waals surface area (Å²) in [7, 11) is 0. The molecule has 0 N–H and O–H groups in total. The average Bonchev–Trinajstić information content (AvgIpc) is 2.46. The highest BCUT2D eigenvalue weighted by Crippen LogP contribution is 2.21. The molecule has 1 aromatic rings. The standard InChI is InChI=1S/C18H27NO2/c1-15-10-16(2)13-19(12-15)8-3-4-9-21-18-7-5-6-17(11-18)14-20/h5-7,11,14-16H,3-4,8-10,12-13H2,1-2H3. The lowest BCUT2D eigenvalue weighted by atomic mass is 9.92. The molecule has 0 saturated carbocycles. The van der Waals surface area contributed by atoms with E-state index in [-0.39, 0.29) is 0 Å². The van der Waals surface area contributed by atoms with Gasteiger partial charge in [-0.3, -0.25) is 4.79 Å². The van der Waals surface area contributed by atoms with E-state index in [2.05, 4.69) is 18.7 Å². The van der Waals surface area contributed by atoms with Crippen LogP contribution >= 0.6 is 0 Å². The number of hydrogen-bond acceptors (Lipinski definition) is 3. The fraction of sp³-hybridized carbons (Fsp3) is 0.611. The maximum Gasteiger partial charge on any atom is 0.150 e. The van der Waals surface area contributed by atoms with Gasteiger partial charge in [-0.15, -0.1) is 0 Å². The summed E-state index contributed by atoms with van der Waals surface area (Å²) in [5.74, 6) is 2.45. The Kier molecular flexibility index (Phi) is 6.24. The van der Waals surface area contributed by atoms with Crippen molar-refractivity contribution in [3.8, 4) is 5.75 Å². The maximum atomic E-state index is 10.7. The number of aldehydes is 1. The van der Waals surface area contributed by atoms with Crippen molar-refractivity contribution in [3.05, 3.63) is 29.8 Å². The lowest BCUT2D eigenvalue weighted by Crippen LogP contribution is -2.39.